The van der Waals surface area contributed by atoms with E-state index < -0.39 is 22.0 Å². The van der Waals surface area contributed by atoms with E-state index in [1.807, 2.05) is 0 Å². The highest BCUT2D eigenvalue weighted by Gasteiger charge is 2.62. The third kappa shape index (κ3) is 1.10. The first-order chi connectivity index (χ1) is 5.32. The Morgan fingerprint density at radius 3 is 2.17 bits per heavy atom. The van der Waals surface area contributed by atoms with Crippen molar-refractivity contribution in [3.8, 4) is 0 Å². The number of hydrogen-bond donors (Lipinski definition) is 3. The molecule has 6 heteroatoms. The molecule has 0 bridgehead atoms. The first kappa shape index (κ1) is 10.1. The van der Waals surface area contributed by atoms with E-state index in [-0.39, 0.29) is 12.8 Å². The average molecular weight is 215 g/mol. The number of aliphatic hydroxyl groups excluding tert-OH is 1. The van der Waals surface area contributed by atoms with Crippen LogP contribution in [0.2, 0.25) is 0 Å². The molecule has 2 atom stereocenters. The molecule has 0 aromatic heterocycles. The zero-order chi connectivity index (χ0) is 9.57. The zero-order valence-corrected chi connectivity index (χ0v) is 7.51. The van der Waals surface area contributed by atoms with Gasteiger partial charge in [-0.05, 0) is 12.8 Å². The molecular weight excluding hydrogens is 207 g/mol. The summed E-state index contributed by atoms with van der Waals surface area (Å²) in [5.41, 5.74) is -2.24. The van der Waals surface area contributed by atoms with Crippen molar-refractivity contribution in [1.29, 1.82) is 0 Å². The molecule has 4 nitrogen and oxygen atoms in total. The molecule has 2 unspecified atom stereocenters. The highest BCUT2D eigenvalue weighted by molar-refractivity contribution is 6.51. The van der Waals surface area contributed by atoms with Gasteiger partial charge in [-0.25, -0.2) is 4.79 Å². The van der Waals surface area contributed by atoms with Crippen LogP contribution in [-0.2, 0) is 4.79 Å². The zero-order valence-electron chi connectivity index (χ0n) is 6.00. The van der Waals surface area contributed by atoms with Crippen LogP contribution in [0.3, 0.4) is 0 Å². The molecule has 0 heterocycles. The van der Waals surface area contributed by atoms with Gasteiger partial charge in [0.1, 0.15) is 0 Å². The molecule has 0 spiro atoms. The van der Waals surface area contributed by atoms with Crippen molar-refractivity contribution >= 4 is 29.2 Å². The fourth-order valence-electron chi connectivity index (χ4n) is 1.22. The molecule has 12 heavy (non-hydrogen) atoms. The Labute approximate surface area is 78.7 Å². The minimum Gasteiger partial charge on any atom is -0.479 e. The van der Waals surface area contributed by atoms with Crippen molar-refractivity contribution in [3.05, 3.63) is 0 Å². The topological polar surface area (TPSA) is 77.8 Å². The van der Waals surface area contributed by atoms with E-state index >= 15 is 0 Å². The van der Waals surface area contributed by atoms with Crippen LogP contribution in [-0.4, -0.2) is 37.3 Å². The van der Waals surface area contributed by atoms with E-state index in [9.17, 15) is 9.90 Å². The van der Waals surface area contributed by atoms with Crippen LogP contribution in [0.25, 0.3) is 0 Å². The van der Waals surface area contributed by atoms with Gasteiger partial charge in [0.2, 0.25) is 0 Å². The molecule has 1 aliphatic rings. The number of rotatable bonds is 1. The van der Waals surface area contributed by atoms with Gasteiger partial charge in [-0.3, -0.25) is 0 Å². The summed E-state index contributed by atoms with van der Waals surface area (Å²) in [5, 5.41) is 27.2. The molecule has 0 saturated heterocycles. The Balaban J connectivity index is 3.01. The lowest BCUT2D eigenvalue weighted by atomic mass is 10.0. The fraction of sp³-hybridized carbons (Fsp3) is 0.833. The van der Waals surface area contributed by atoms with Gasteiger partial charge >= 0.3 is 5.97 Å². The van der Waals surface area contributed by atoms with E-state index in [0.717, 1.165) is 0 Å². The molecule has 0 aliphatic heterocycles. The second-order valence-electron chi connectivity index (χ2n) is 2.84. The minimum atomic E-state index is -2.24. The highest BCUT2D eigenvalue weighted by Crippen LogP contribution is 2.47. The van der Waals surface area contributed by atoms with Crippen molar-refractivity contribution in [2.75, 3.05) is 0 Å². The lowest BCUT2D eigenvalue weighted by Crippen LogP contribution is -2.52. The van der Waals surface area contributed by atoms with Crippen LogP contribution < -0.4 is 0 Å². The lowest BCUT2D eigenvalue weighted by molar-refractivity contribution is -0.159. The quantitative estimate of drug-likeness (QED) is 0.543. The summed E-state index contributed by atoms with van der Waals surface area (Å²) < 4.78 is -2.02. The Hall–Kier alpha value is -0.0300. The largest absolute Gasteiger partial charge is 0.479 e. The number of carboxylic acid groups (broad SMARTS) is 1. The Kier molecular flexibility index (Phi) is 2.29. The average Bonchev–Trinajstić information content (AvgIpc) is 2.15. The normalized spacial score (nSPS) is 39.8. The predicted molar refractivity (Wildman–Crippen MR) is 42.3 cm³/mol. The fourth-order valence-corrected chi connectivity index (χ4v) is 1.79. The number of halogens is 2. The molecule has 0 radical (unpaired) electrons. The summed E-state index contributed by atoms with van der Waals surface area (Å²) in [5.74, 6) is -1.51. The molecule has 3 N–H and O–H groups in total. The molecule has 1 saturated carbocycles. The van der Waals surface area contributed by atoms with Crippen LogP contribution in [0, 0.1) is 0 Å². The number of aliphatic carboxylic acids is 1. The van der Waals surface area contributed by atoms with Gasteiger partial charge in [-0.1, -0.05) is 23.2 Å². The maximum Gasteiger partial charge on any atom is 0.339 e. The molecule has 1 fully saturated rings. The Bertz CT molecular complexity index is 218. The van der Waals surface area contributed by atoms with Crippen LogP contribution in [0.15, 0.2) is 0 Å². The maximum atomic E-state index is 10.6. The van der Waals surface area contributed by atoms with Crippen molar-refractivity contribution in [3.63, 3.8) is 0 Å². The third-order valence-electron chi connectivity index (χ3n) is 2.10. The van der Waals surface area contributed by atoms with E-state index in [4.69, 9.17) is 33.4 Å². The van der Waals surface area contributed by atoms with Gasteiger partial charge in [0.05, 0.1) is 6.10 Å². The number of aliphatic hydroxyl groups is 2. The highest BCUT2D eigenvalue weighted by atomic mass is 35.5. The second-order valence-corrected chi connectivity index (χ2v) is 4.23. The van der Waals surface area contributed by atoms with E-state index in [1.54, 1.807) is 0 Å². The summed E-state index contributed by atoms with van der Waals surface area (Å²) in [7, 11) is 0. The summed E-state index contributed by atoms with van der Waals surface area (Å²) in [6, 6.07) is 0. The molecule has 1 rings (SSSR count). The molecule has 0 aromatic rings. The molecular formula is C6H8Cl2O4. The molecule has 0 aromatic carbocycles. The standard InChI is InChI=1S/C6H8Cl2O4/c7-6(8)3(9)1-2-5(6,12)4(10)11/h3,9,12H,1-2H2,(H,10,11). The molecule has 1 aliphatic carbocycles. The molecule has 70 valence electrons. The van der Waals surface area contributed by atoms with Gasteiger partial charge in [0.15, 0.2) is 9.93 Å². The first-order valence-corrected chi connectivity index (χ1v) is 4.09. The Morgan fingerprint density at radius 1 is 1.50 bits per heavy atom. The SMILES string of the molecule is O=C(O)C1(O)CCC(O)C1(Cl)Cl. The minimum absolute atomic E-state index is 0.0792. The summed E-state index contributed by atoms with van der Waals surface area (Å²) >= 11 is 11.0. The number of alkyl halides is 2. The number of carbonyl (C=O) groups is 1. The van der Waals surface area contributed by atoms with Crippen LogP contribution in [0.1, 0.15) is 12.8 Å². The van der Waals surface area contributed by atoms with Crippen LogP contribution in [0.4, 0.5) is 0 Å². The van der Waals surface area contributed by atoms with E-state index in [0.29, 0.717) is 0 Å². The summed E-state index contributed by atoms with van der Waals surface area (Å²) in [6.45, 7) is 0. The lowest BCUT2D eigenvalue weighted by Gasteiger charge is -2.29. The second kappa shape index (κ2) is 2.73. The number of carboxylic acids is 1. The summed E-state index contributed by atoms with van der Waals surface area (Å²) in [6.07, 6.45) is -1.27. The van der Waals surface area contributed by atoms with Gasteiger partial charge in [-0.15, -0.1) is 0 Å². The maximum absolute atomic E-state index is 10.6. The third-order valence-corrected chi connectivity index (χ3v) is 3.23. The molecule has 0 amide bonds. The first-order valence-electron chi connectivity index (χ1n) is 3.34. The van der Waals surface area contributed by atoms with Crippen molar-refractivity contribution < 1.29 is 20.1 Å². The predicted octanol–water partition coefficient (Wildman–Crippen LogP) is 0.131. The van der Waals surface area contributed by atoms with Crippen molar-refractivity contribution in [2.24, 2.45) is 0 Å². The van der Waals surface area contributed by atoms with Crippen molar-refractivity contribution in [1.82, 2.24) is 0 Å². The smallest absolute Gasteiger partial charge is 0.339 e. The van der Waals surface area contributed by atoms with Crippen LogP contribution >= 0.6 is 23.2 Å². The van der Waals surface area contributed by atoms with Crippen molar-refractivity contribution in [2.45, 2.75) is 28.9 Å². The van der Waals surface area contributed by atoms with E-state index in [2.05, 4.69) is 0 Å². The number of hydrogen-bond acceptors (Lipinski definition) is 3. The van der Waals surface area contributed by atoms with Gasteiger partial charge in [-0.2, -0.15) is 0 Å². The van der Waals surface area contributed by atoms with Gasteiger partial charge in [0, 0.05) is 0 Å². The Morgan fingerprint density at radius 2 is 2.00 bits per heavy atom. The van der Waals surface area contributed by atoms with Gasteiger partial charge in [0.25, 0.3) is 0 Å². The summed E-state index contributed by atoms with van der Waals surface area (Å²) in [4.78, 5) is 10.6. The van der Waals surface area contributed by atoms with Crippen LogP contribution in [0.5, 0.6) is 0 Å². The van der Waals surface area contributed by atoms with E-state index in [1.165, 1.54) is 0 Å². The monoisotopic (exact) mass is 214 g/mol. The van der Waals surface area contributed by atoms with Gasteiger partial charge < -0.3 is 15.3 Å².